The van der Waals surface area contributed by atoms with Crippen LogP contribution in [0.2, 0.25) is 19.4 Å². The van der Waals surface area contributed by atoms with Gasteiger partial charge in [-0.05, 0) is 0 Å². The van der Waals surface area contributed by atoms with Gasteiger partial charge in [-0.2, -0.15) is 0 Å². The van der Waals surface area contributed by atoms with E-state index in [1.165, 1.54) is 41.0 Å². The first-order valence-corrected chi connectivity index (χ1v) is 19.4. The number of rotatable bonds is 8. The van der Waals surface area contributed by atoms with Crippen LogP contribution in [-0.2, 0) is 22.9 Å². The zero-order chi connectivity index (χ0) is 22.2. The van der Waals surface area contributed by atoms with Crippen molar-refractivity contribution in [3.8, 4) is 0 Å². The molecular formula is C30H40HfSi. The summed E-state index contributed by atoms with van der Waals surface area (Å²) < 4.78 is 1.99. The standard InChI is InChI=1S/C22H21.C4H10Si.C4H9.Hf/c1-2-7-20(21-14-12-16-8-3-5-10-18(16)21)22-15-13-17-9-4-6-11-19(17)22;1-2-4-5-3-1;1-3-4-2;/h3-6,8-15,21-22H,2,7H2,1H3;1-5H2;1,3-4H2,2H3;. The van der Waals surface area contributed by atoms with Gasteiger partial charge in [0.15, 0.2) is 0 Å². The van der Waals surface area contributed by atoms with E-state index in [9.17, 15) is 0 Å². The fourth-order valence-electron chi connectivity index (χ4n) is 6.01. The minimum absolute atomic E-state index is 0.468. The molecule has 5 rings (SSSR count). The van der Waals surface area contributed by atoms with Gasteiger partial charge >= 0.3 is 177 Å². The summed E-state index contributed by atoms with van der Waals surface area (Å²) in [5.74, 6) is 1.21. The second-order valence-electron chi connectivity index (χ2n) is 9.77. The summed E-state index contributed by atoms with van der Waals surface area (Å²) in [6.07, 6.45) is 18.5. The second kappa shape index (κ2) is 11.9. The number of unbranched alkanes of at least 4 members (excludes halogenated alkanes) is 1. The van der Waals surface area contributed by atoms with Crippen molar-refractivity contribution in [3.63, 3.8) is 0 Å². The van der Waals surface area contributed by atoms with Crippen LogP contribution >= 0.6 is 0 Å². The van der Waals surface area contributed by atoms with Gasteiger partial charge < -0.3 is 0 Å². The van der Waals surface area contributed by atoms with Crippen molar-refractivity contribution >= 4 is 21.7 Å². The quantitative estimate of drug-likeness (QED) is 0.208. The fourth-order valence-corrected chi connectivity index (χ4v) is 16.3. The van der Waals surface area contributed by atoms with E-state index in [-0.39, 0.29) is 0 Å². The van der Waals surface area contributed by atoms with Crippen molar-refractivity contribution in [2.45, 2.75) is 83.6 Å². The number of fused-ring (bicyclic) bond motifs is 2. The average molecular weight is 607 g/mol. The summed E-state index contributed by atoms with van der Waals surface area (Å²) in [6.45, 7) is 4.74. The van der Waals surface area contributed by atoms with Crippen molar-refractivity contribution in [1.82, 2.24) is 0 Å². The Kier molecular flexibility index (Phi) is 9.00. The average Bonchev–Trinajstić information content (AvgIpc) is 3.60. The predicted octanol–water partition coefficient (Wildman–Crippen LogP) is 8.65. The zero-order valence-electron chi connectivity index (χ0n) is 20.2. The van der Waals surface area contributed by atoms with Gasteiger partial charge in [-0.25, -0.2) is 0 Å². The zero-order valence-corrected chi connectivity index (χ0v) is 25.2. The van der Waals surface area contributed by atoms with Crippen LogP contribution in [0.1, 0.15) is 86.5 Å². The van der Waals surface area contributed by atoms with E-state index in [1.807, 2.05) is 0 Å². The molecule has 0 bridgehead atoms. The third-order valence-electron chi connectivity index (χ3n) is 7.61. The van der Waals surface area contributed by atoms with Crippen LogP contribution < -0.4 is 0 Å². The number of benzene rings is 2. The van der Waals surface area contributed by atoms with Crippen molar-refractivity contribution in [2.75, 3.05) is 0 Å². The third kappa shape index (κ3) is 5.22. The molecule has 0 amide bonds. The van der Waals surface area contributed by atoms with Crippen molar-refractivity contribution < 1.29 is 22.9 Å². The third-order valence-corrected chi connectivity index (χ3v) is 17.3. The Morgan fingerprint density at radius 3 is 1.84 bits per heavy atom. The van der Waals surface area contributed by atoms with E-state index in [0.717, 1.165) is 0 Å². The van der Waals surface area contributed by atoms with E-state index >= 15 is 0 Å². The summed E-state index contributed by atoms with van der Waals surface area (Å²) in [5.41, 5.74) is 6.09. The van der Waals surface area contributed by atoms with Crippen LogP contribution in [0, 0.1) is 0 Å². The molecule has 2 aromatic carbocycles. The van der Waals surface area contributed by atoms with Crippen molar-refractivity contribution in [2.24, 2.45) is 0 Å². The van der Waals surface area contributed by atoms with Gasteiger partial charge in [-0.3, -0.25) is 0 Å². The maximum absolute atomic E-state index is 2.56. The summed E-state index contributed by atoms with van der Waals surface area (Å²) in [4.78, 5) is 0. The Morgan fingerprint density at radius 2 is 1.38 bits per heavy atom. The topological polar surface area (TPSA) is 0 Å². The Morgan fingerprint density at radius 1 is 0.812 bits per heavy atom. The van der Waals surface area contributed by atoms with Gasteiger partial charge in [0.05, 0.1) is 0 Å². The molecule has 2 atom stereocenters. The molecule has 1 aliphatic heterocycles. The SMILES string of the molecule is C1CC[SiH2]C1.CCC[CH2][Hf][C](CCC)(C1C=Cc2ccccc21)C1C=Cc2ccccc21. The molecule has 2 aliphatic carbocycles. The summed E-state index contributed by atoms with van der Waals surface area (Å²) in [7, 11) is 0.543. The van der Waals surface area contributed by atoms with Gasteiger partial charge in [0.1, 0.15) is 0 Å². The van der Waals surface area contributed by atoms with E-state index in [2.05, 4.69) is 86.7 Å². The molecular weight excluding hydrogens is 567 g/mol. The first kappa shape index (κ1) is 24.1. The Balaban J connectivity index is 0.000000433. The van der Waals surface area contributed by atoms with Crippen molar-refractivity contribution in [1.29, 1.82) is 0 Å². The molecule has 2 aromatic rings. The molecule has 0 radical (unpaired) electrons. The summed E-state index contributed by atoms with van der Waals surface area (Å²) >= 11 is -0.864. The van der Waals surface area contributed by atoms with Crippen LogP contribution in [-0.4, -0.2) is 9.52 Å². The molecule has 2 unspecified atom stereocenters. The number of allylic oxidation sites excluding steroid dienone is 2. The minimum atomic E-state index is -0.864. The molecule has 0 spiro atoms. The molecule has 1 heterocycles. The van der Waals surface area contributed by atoms with Gasteiger partial charge in [0, 0.05) is 9.52 Å². The molecule has 1 saturated heterocycles. The van der Waals surface area contributed by atoms with Gasteiger partial charge in [-0.15, -0.1) is 0 Å². The Hall–Kier alpha value is -0.993. The van der Waals surface area contributed by atoms with E-state index in [4.69, 9.17) is 0 Å². The van der Waals surface area contributed by atoms with Gasteiger partial charge in [0.25, 0.3) is 0 Å². The molecule has 2 heteroatoms. The Labute approximate surface area is 210 Å². The first-order chi connectivity index (χ1) is 15.8. The maximum atomic E-state index is 2.56. The fraction of sp³-hybridized carbons (Fsp3) is 0.467. The van der Waals surface area contributed by atoms with Crippen LogP contribution in [0.15, 0.2) is 60.7 Å². The molecule has 3 aliphatic rings. The molecule has 0 aromatic heterocycles. The molecule has 0 nitrogen and oxygen atoms in total. The number of hydrogen-bond donors (Lipinski definition) is 0. The van der Waals surface area contributed by atoms with E-state index in [1.54, 1.807) is 36.1 Å². The number of hydrogen-bond acceptors (Lipinski definition) is 0. The summed E-state index contributed by atoms with van der Waals surface area (Å²) in [5, 5.41) is 0. The van der Waals surface area contributed by atoms with Crippen LogP contribution in [0.4, 0.5) is 0 Å². The molecule has 168 valence electrons. The van der Waals surface area contributed by atoms with E-state index < -0.39 is 22.9 Å². The van der Waals surface area contributed by atoms with Crippen LogP contribution in [0.3, 0.4) is 0 Å². The van der Waals surface area contributed by atoms with Crippen LogP contribution in [0.25, 0.3) is 12.2 Å². The predicted molar refractivity (Wildman–Crippen MR) is 141 cm³/mol. The second-order valence-corrected chi connectivity index (χ2v) is 18.3. The first-order valence-electron chi connectivity index (χ1n) is 13.1. The normalized spacial score (nSPS) is 22.1. The summed E-state index contributed by atoms with van der Waals surface area (Å²) in [6, 6.07) is 21.6. The van der Waals surface area contributed by atoms with Gasteiger partial charge in [0.2, 0.25) is 0 Å². The van der Waals surface area contributed by atoms with Crippen LogP contribution in [0.5, 0.6) is 0 Å². The van der Waals surface area contributed by atoms with E-state index in [0.29, 0.717) is 24.5 Å². The molecule has 0 saturated carbocycles. The Bertz CT molecular complexity index is 855. The molecule has 0 N–H and O–H groups in total. The molecule has 1 fully saturated rings. The molecule has 32 heavy (non-hydrogen) atoms. The van der Waals surface area contributed by atoms with Crippen molar-refractivity contribution in [3.05, 3.63) is 82.9 Å². The van der Waals surface area contributed by atoms with Gasteiger partial charge in [-0.1, -0.05) is 24.9 Å². The monoisotopic (exact) mass is 608 g/mol.